The van der Waals surface area contributed by atoms with Gasteiger partial charge in [-0.15, -0.1) is 5.10 Å². The van der Waals surface area contributed by atoms with Gasteiger partial charge in [0, 0.05) is 32.4 Å². The minimum atomic E-state index is -0.563. The van der Waals surface area contributed by atoms with Crippen molar-refractivity contribution in [3.8, 4) is 0 Å². The van der Waals surface area contributed by atoms with Crippen LogP contribution in [-0.2, 0) is 17.8 Å². The van der Waals surface area contributed by atoms with Gasteiger partial charge in [-0.2, -0.15) is 0 Å². The molecule has 4 heterocycles. The van der Waals surface area contributed by atoms with E-state index in [-0.39, 0.29) is 5.88 Å². The number of hydrogen-bond donors (Lipinski definition) is 0. The highest BCUT2D eigenvalue weighted by atomic mass is 19.1. The first-order chi connectivity index (χ1) is 16.5. The fourth-order valence-electron chi connectivity index (χ4n) is 4.20. The predicted molar refractivity (Wildman–Crippen MR) is 117 cm³/mol. The Labute approximate surface area is 193 Å². The van der Waals surface area contributed by atoms with Gasteiger partial charge in [0.2, 0.25) is 0 Å². The van der Waals surface area contributed by atoms with E-state index < -0.39 is 22.9 Å². The molecule has 1 atom stereocenters. The number of carbonyl (C=O) groups is 1. The topological polar surface area (TPSA) is 123 Å². The number of ether oxygens (including phenoxy) is 1. The zero-order valence-electron chi connectivity index (χ0n) is 18.1. The van der Waals surface area contributed by atoms with E-state index in [1.54, 1.807) is 35.3 Å². The Morgan fingerprint density at radius 1 is 1.18 bits per heavy atom. The normalized spacial score (nSPS) is 19.0. The SMILES string of the molecule is O=C1O[C@@H](Cn2ccnn2)CN1c1ccc(N2CCN(Cc3ccc([N+](=O)[O-])o3)CC2)c(F)c1. The molecule has 2 saturated heterocycles. The highest BCUT2D eigenvalue weighted by Gasteiger charge is 2.33. The molecule has 1 aromatic carbocycles. The number of cyclic esters (lactones) is 1. The van der Waals surface area contributed by atoms with Gasteiger partial charge in [-0.25, -0.2) is 13.9 Å². The molecular weight excluding hydrogens is 449 g/mol. The summed E-state index contributed by atoms with van der Waals surface area (Å²) in [4.78, 5) is 28.0. The number of rotatable bonds is 7. The van der Waals surface area contributed by atoms with Crippen LogP contribution in [0.2, 0.25) is 0 Å². The molecule has 3 aromatic rings. The third kappa shape index (κ3) is 4.55. The van der Waals surface area contributed by atoms with Crippen molar-refractivity contribution < 1.29 is 23.3 Å². The lowest BCUT2D eigenvalue weighted by atomic mass is 10.2. The Kier molecular flexibility index (Phi) is 5.84. The number of halogens is 1. The van der Waals surface area contributed by atoms with E-state index in [1.807, 2.05) is 4.90 Å². The predicted octanol–water partition coefficient (Wildman–Crippen LogP) is 2.27. The molecule has 13 heteroatoms. The van der Waals surface area contributed by atoms with Crippen LogP contribution in [0.5, 0.6) is 0 Å². The lowest BCUT2D eigenvalue weighted by molar-refractivity contribution is -0.402. The maximum Gasteiger partial charge on any atom is 0.433 e. The summed E-state index contributed by atoms with van der Waals surface area (Å²) in [5.41, 5.74) is 0.897. The lowest BCUT2D eigenvalue weighted by Gasteiger charge is -2.36. The van der Waals surface area contributed by atoms with E-state index >= 15 is 4.39 Å². The van der Waals surface area contributed by atoms with Crippen LogP contribution in [0.3, 0.4) is 0 Å². The van der Waals surface area contributed by atoms with Gasteiger partial charge < -0.3 is 14.1 Å². The van der Waals surface area contributed by atoms with Gasteiger partial charge in [0.15, 0.2) is 0 Å². The third-order valence-electron chi connectivity index (χ3n) is 5.90. The van der Waals surface area contributed by atoms with Crippen molar-refractivity contribution in [3.05, 3.63) is 64.4 Å². The molecule has 2 aliphatic rings. The molecule has 0 unspecified atom stereocenters. The van der Waals surface area contributed by atoms with E-state index in [2.05, 4.69) is 15.2 Å². The number of anilines is 2. The second-order valence-corrected chi connectivity index (χ2v) is 8.14. The third-order valence-corrected chi connectivity index (χ3v) is 5.90. The van der Waals surface area contributed by atoms with Gasteiger partial charge in [-0.1, -0.05) is 5.21 Å². The maximum absolute atomic E-state index is 15.0. The summed E-state index contributed by atoms with van der Waals surface area (Å²) in [5, 5.41) is 18.4. The monoisotopic (exact) mass is 471 g/mol. The number of nitrogens with zero attached hydrogens (tertiary/aromatic N) is 7. The number of piperazine rings is 1. The average molecular weight is 471 g/mol. The van der Waals surface area contributed by atoms with Gasteiger partial charge in [-0.05, 0) is 24.3 Å². The summed E-state index contributed by atoms with van der Waals surface area (Å²) >= 11 is 0. The smallest absolute Gasteiger partial charge is 0.433 e. The van der Waals surface area contributed by atoms with Crippen molar-refractivity contribution in [3.63, 3.8) is 0 Å². The quantitative estimate of drug-likeness (QED) is 0.377. The molecule has 5 rings (SSSR count). The molecule has 2 aromatic heterocycles. The molecule has 0 radical (unpaired) electrons. The molecular formula is C21H22FN7O5. The van der Waals surface area contributed by atoms with Crippen LogP contribution in [0.15, 0.2) is 47.1 Å². The minimum absolute atomic E-state index is 0.276. The summed E-state index contributed by atoms with van der Waals surface area (Å²) in [6.07, 6.45) is 2.30. The van der Waals surface area contributed by atoms with Crippen molar-refractivity contribution in [2.24, 2.45) is 0 Å². The van der Waals surface area contributed by atoms with E-state index in [9.17, 15) is 14.9 Å². The Balaban J connectivity index is 1.18. The Morgan fingerprint density at radius 3 is 2.68 bits per heavy atom. The van der Waals surface area contributed by atoms with Gasteiger partial charge in [0.05, 0.1) is 43.3 Å². The first-order valence-corrected chi connectivity index (χ1v) is 10.8. The van der Waals surface area contributed by atoms with Crippen LogP contribution in [-0.4, -0.2) is 69.7 Å². The van der Waals surface area contributed by atoms with Crippen LogP contribution in [0.4, 0.5) is 26.4 Å². The van der Waals surface area contributed by atoms with Gasteiger partial charge in [-0.3, -0.25) is 19.9 Å². The molecule has 0 N–H and O–H groups in total. The van der Waals surface area contributed by atoms with Crippen molar-refractivity contribution in [2.45, 2.75) is 19.2 Å². The average Bonchev–Trinajstić information content (AvgIpc) is 3.57. The molecule has 2 aliphatic heterocycles. The number of amides is 1. The zero-order valence-corrected chi connectivity index (χ0v) is 18.1. The second kappa shape index (κ2) is 9.09. The fourth-order valence-corrected chi connectivity index (χ4v) is 4.20. The van der Waals surface area contributed by atoms with Gasteiger partial charge in [0.25, 0.3) is 0 Å². The standard InChI is InChI=1S/C21H22FN7O5/c22-18-11-15(28-14-17(34-21(28)30)13-27-6-5-23-24-27)1-3-19(18)26-9-7-25(8-10-26)12-16-2-4-20(33-16)29(31)32/h1-6,11,17H,7-10,12-14H2/t17-/m0/s1. The molecule has 2 fully saturated rings. The Morgan fingerprint density at radius 2 is 2.00 bits per heavy atom. The van der Waals surface area contributed by atoms with Crippen molar-refractivity contribution in [2.75, 3.05) is 42.5 Å². The number of nitro groups is 1. The summed E-state index contributed by atoms with van der Waals surface area (Å²) in [6, 6.07) is 7.68. The molecule has 0 spiro atoms. The van der Waals surface area contributed by atoms with E-state index in [4.69, 9.17) is 9.15 Å². The van der Waals surface area contributed by atoms with Crippen LogP contribution >= 0.6 is 0 Å². The minimum Gasteiger partial charge on any atom is -0.442 e. The first-order valence-electron chi connectivity index (χ1n) is 10.8. The van der Waals surface area contributed by atoms with E-state index in [1.165, 1.54) is 17.0 Å². The lowest BCUT2D eigenvalue weighted by Crippen LogP contribution is -2.46. The number of hydrogen-bond acceptors (Lipinski definition) is 9. The van der Waals surface area contributed by atoms with Gasteiger partial charge >= 0.3 is 12.0 Å². The van der Waals surface area contributed by atoms with Crippen LogP contribution in [0.25, 0.3) is 0 Å². The Hall–Kier alpha value is -4.00. The Bertz CT molecular complexity index is 1180. The van der Waals surface area contributed by atoms with Gasteiger partial charge in [0.1, 0.15) is 22.6 Å². The van der Waals surface area contributed by atoms with Crippen LogP contribution < -0.4 is 9.80 Å². The summed E-state index contributed by atoms with van der Waals surface area (Å²) in [5.74, 6) is -0.169. The largest absolute Gasteiger partial charge is 0.442 e. The number of aromatic nitrogens is 3. The second-order valence-electron chi connectivity index (χ2n) is 8.14. The maximum atomic E-state index is 15.0. The van der Waals surface area contributed by atoms with Crippen molar-refractivity contribution in [1.29, 1.82) is 0 Å². The van der Waals surface area contributed by atoms with Crippen LogP contribution in [0.1, 0.15) is 5.76 Å². The summed E-state index contributed by atoms with van der Waals surface area (Å²) in [7, 11) is 0. The molecule has 1 amide bonds. The van der Waals surface area contributed by atoms with E-state index in [0.717, 1.165) is 0 Å². The molecule has 34 heavy (non-hydrogen) atoms. The number of benzene rings is 1. The summed E-state index contributed by atoms with van der Waals surface area (Å²) < 4.78 is 27.2. The van der Waals surface area contributed by atoms with E-state index in [0.29, 0.717) is 62.9 Å². The highest BCUT2D eigenvalue weighted by Crippen LogP contribution is 2.29. The van der Waals surface area contributed by atoms with Crippen molar-refractivity contribution >= 4 is 23.4 Å². The molecule has 0 bridgehead atoms. The fraction of sp³-hybridized carbons (Fsp3) is 0.381. The zero-order chi connectivity index (χ0) is 23.7. The summed E-state index contributed by atoms with van der Waals surface area (Å²) in [6.45, 7) is 3.60. The molecule has 178 valence electrons. The molecule has 0 aliphatic carbocycles. The highest BCUT2D eigenvalue weighted by molar-refractivity contribution is 5.90. The van der Waals surface area contributed by atoms with Crippen LogP contribution in [0, 0.1) is 15.9 Å². The first kappa shape index (κ1) is 21.8. The number of furan rings is 1. The molecule has 12 nitrogen and oxygen atoms in total. The molecule has 0 saturated carbocycles. The number of carbonyl (C=O) groups excluding carboxylic acids is 1. The van der Waals surface area contributed by atoms with Crippen molar-refractivity contribution in [1.82, 2.24) is 19.9 Å².